The van der Waals surface area contributed by atoms with Crippen LogP contribution in [0.1, 0.15) is 26.2 Å². The van der Waals surface area contributed by atoms with E-state index in [1.54, 1.807) is 0 Å². The van der Waals surface area contributed by atoms with Gasteiger partial charge in [-0.3, -0.25) is 4.79 Å². The van der Waals surface area contributed by atoms with Crippen molar-refractivity contribution in [1.29, 1.82) is 0 Å². The molecule has 0 radical (unpaired) electrons. The Labute approximate surface area is 91.2 Å². The monoisotopic (exact) mass is 211 g/mol. The lowest BCUT2D eigenvalue weighted by Crippen LogP contribution is -2.54. The minimum atomic E-state index is 0.0929. The molecule has 2 rings (SSSR count). The van der Waals surface area contributed by atoms with Crippen molar-refractivity contribution in [1.82, 2.24) is 10.2 Å². The first kappa shape index (κ1) is 10.9. The zero-order valence-corrected chi connectivity index (χ0v) is 9.41. The summed E-state index contributed by atoms with van der Waals surface area (Å²) in [5.41, 5.74) is 5.96. The van der Waals surface area contributed by atoms with Crippen LogP contribution in [-0.2, 0) is 4.79 Å². The predicted octanol–water partition coefficient (Wildman–Crippen LogP) is -0.0659. The van der Waals surface area contributed by atoms with Crippen LogP contribution in [0.5, 0.6) is 0 Å². The molecule has 4 nitrogen and oxygen atoms in total. The number of carbonyl (C=O) groups is 1. The van der Waals surface area contributed by atoms with Crippen molar-refractivity contribution in [2.24, 2.45) is 11.7 Å². The van der Waals surface area contributed by atoms with Gasteiger partial charge in [-0.1, -0.05) is 6.42 Å². The standard InChI is InChI=1S/C11H21N3O/c1-8-7-14(6-5-13-8)11(15)9-3-2-4-10(9)12/h8-10,13H,2-7,12H2,1H3. The van der Waals surface area contributed by atoms with Crippen LogP contribution < -0.4 is 11.1 Å². The summed E-state index contributed by atoms with van der Waals surface area (Å²) in [5, 5.41) is 3.34. The van der Waals surface area contributed by atoms with Crippen molar-refractivity contribution in [2.45, 2.75) is 38.3 Å². The molecule has 1 saturated heterocycles. The van der Waals surface area contributed by atoms with E-state index in [0.29, 0.717) is 6.04 Å². The fraction of sp³-hybridized carbons (Fsp3) is 0.909. The second-order valence-electron chi connectivity index (χ2n) is 4.84. The minimum absolute atomic E-state index is 0.0929. The van der Waals surface area contributed by atoms with Crippen molar-refractivity contribution >= 4 is 5.91 Å². The molecular weight excluding hydrogens is 190 g/mol. The molecule has 0 aromatic heterocycles. The minimum Gasteiger partial charge on any atom is -0.340 e. The summed E-state index contributed by atoms with van der Waals surface area (Å²) < 4.78 is 0. The van der Waals surface area contributed by atoms with Gasteiger partial charge in [-0.05, 0) is 19.8 Å². The van der Waals surface area contributed by atoms with Crippen LogP contribution in [0.3, 0.4) is 0 Å². The number of nitrogens with two attached hydrogens (primary N) is 1. The Kier molecular flexibility index (Phi) is 3.26. The fourth-order valence-corrected chi connectivity index (χ4v) is 2.66. The summed E-state index contributed by atoms with van der Waals surface area (Å²) >= 11 is 0. The van der Waals surface area contributed by atoms with E-state index in [9.17, 15) is 4.79 Å². The molecule has 1 amide bonds. The van der Waals surface area contributed by atoms with Crippen molar-refractivity contribution < 1.29 is 4.79 Å². The smallest absolute Gasteiger partial charge is 0.227 e. The van der Waals surface area contributed by atoms with Gasteiger partial charge in [-0.25, -0.2) is 0 Å². The van der Waals surface area contributed by atoms with Gasteiger partial charge < -0.3 is 16.0 Å². The molecule has 1 saturated carbocycles. The first-order valence-corrected chi connectivity index (χ1v) is 5.96. The Bertz CT molecular complexity index is 244. The highest BCUT2D eigenvalue weighted by Crippen LogP contribution is 2.26. The Morgan fingerprint density at radius 1 is 1.47 bits per heavy atom. The summed E-state index contributed by atoms with van der Waals surface area (Å²) in [4.78, 5) is 14.2. The van der Waals surface area contributed by atoms with Crippen LogP contribution in [-0.4, -0.2) is 42.5 Å². The molecule has 4 heteroatoms. The van der Waals surface area contributed by atoms with Crippen LogP contribution in [0.2, 0.25) is 0 Å². The maximum atomic E-state index is 12.2. The average molecular weight is 211 g/mol. The molecule has 3 atom stereocenters. The van der Waals surface area contributed by atoms with E-state index in [1.165, 1.54) is 0 Å². The molecule has 2 fully saturated rings. The molecule has 3 N–H and O–H groups in total. The third-order valence-corrected chi connectivity index (χ3v) is 3.57. The number of piperazine rings is 1. The van der Waals surface area contributed by atoms with Gasteiger partial charge in [-0.15, -0.1) is 0 Å². The molecule has 3 unspecified atom stereocenters. The van der Waals surface area contributed by atoms with Crippen molar-refractivity contribution in [2.75, 3.05) is 19.6 Å². The SMILES string of the molecule is CC1CN(C(=O)C2CCCC2N)CCN1. The van der Waals surface area contributed by atoms with E-state index < -0.39 is 0 Å². The third kappa shape index (κ3) is 2.32. The number of hydrogen-bond donors (Lipinski definition) is 2. The molecular formula is C11H21N3O. The Morgan fingerprint density at radius 3 is 2.87 bits per heavy atom. The summed E-state index contributed by atoms with van der Waals surface area (Å²) in [6.45, 7) is 4.71. The number of nitrogens with one attached hydrogen (secondary N) is 1. The maximum absolute atomic E-state index is 12.2. The van der Waals surface area contributed by atoms with E-state index in [0.717, 1.165) is 38.9 Å². The van der Waals surface area contributed by atoms with Crippen molar-refractivity contribution in [3.05, 3.63) is 0 Å². The van der Waals surface area contributed by atoms with Gasteiger partial charge in [0.05, 0.1) is 5.92 Å². The highest BCUT2D eigenvalue weighted by molar-refractivity contribution is 5.80. The van der Waals surface area contributed by atoms with E-state index >= 15 is 0 Å². The van der Waals surface area contributed by atoms with Gasteiger partial charge in [0, 0.05) is 31.7 Å². The highest BCUT2D eigenvalue weighted by atomic mass is 16.2. The predicted molar refractivity (Wildman–Crippen MR) is 59.4 cm³/mol. The molecule has 86 valence electrons. The second kappa shape index (κ2) is 4.49. The van der Waals surface area contributed by atoms with Gasteiger partial charge in [0.15, 0.2) is 0 Å². The summed E-state index contributed by atoms with van der Waals surface area (Å²) in [6, 6.07) is 0.517. The zero-order valence-electron chi connectivity index (χ0n) is 9.41. The zero-order chi connectivity index (χ0) is 10.8. The van der Waals surface area contributed by atoms with E-state index in [4.69, 9.17) is 5.73 Å². The summed E-state index contributed by atoms with van der Waals surface area (Å²) in [7, 11) is 0. The number of carbonyl (C=O) groups excluding carboxylic acids is 1. The largest absolute Gasteiger partial charge is 0.340 e. The molecule has 0 bridgehead atoms. The van der Waals surface area contributed by atoms with Crippen LogP contribution in [0.25, 0.3) is 0 Å². The van der Waals surface area contributed by atoms with Crippen molar-refractivity contribution in [3.63, 3.8) is 0 Å². The molecule has 0 aromatic carbocycles. The highest BCUT2D eigenvalue weighted by Gasteiger charge is 2.34. The molecule has 1 aliphatic carbocycles. The normalized spacial score (nSPS) is 36.9. The van der Waals surface area contributed by atoms with Gasteiger partial charge in [-0.2, -0.15) is 0 Å². The Hall–Kier alpha value is -0.610. The number of hydrogen-bond acceptors (Lipinski definition) is 3. The van der Waals surface area contributed by atoms with Gasteiger partial charge in [0.1, 0.15) is 0 Å². The summed E-state index contributed by atoms with van der Waals surface area (Å²) in [5.74, 6) is 0.378. The maximum Gasteiger partial charge on any atom is 0.227 e. The lowest BCUT2D eigenvalue weighted by molar-refractivity contribution is -0.136. The van der Waals surface area contributed by atoms with E-state index in [-0.39, 0.29) is 17.9 Å². The quantitative estimate of drug-likeness (QED) is 0.638. The van der Waals surface area contributed by atoms with Crippen LogP contribution in [0, 0.1) is 5.92 Å². The lowest BCUT2D eigenvalue weighted by atomic mass is 10.0. The molecule has 1 aliphatic heterocycles. The molecule has 1 heterocycles. The second-order valence-corrected chi connectivity index (χ2v) is 4.84. The van der Waals surface area contributed by atoms with Crippen molar-refractivity contribution in [3.8, 4) is 0 Å². The van der Waals surface area contributed by atoms with Gasteiger partial charge in [0.25, 0.3) is 0 Å². The fourth-order valence-electron chi connectivity index (χ4n) is 2.66. The lowest BCUT2D eigenvalue weighted by Gasteiger charge is -2.34. The van der Waals surface area contributed by atoms with E-state index in [1.807, 2.05) is 4.90 Å². The Morgan fingerprint density at radius 2 is 2.27 bits per heavy atom. The molecule has 2 aliphatic rings. The summed E-state index contributed by atoms with van der Waals surface area (Å²) in [6.07, 6.45) is 3.11. The molecule has 0 spiro atoms. The number of nitrogens with zero attached hydrogens (tertiary/aromatic N) is 1. The van der Waals surface area contributed by atoms with Crippen LogP contribution >= 0.6 is 0 Å². The molecule has 0 aromatic rings. The molecule has 15 heavy (non-hydrogen) atoms. The number of rotatable bonds is 1. The van der Waals surface area contributed by atoms with Crippen LogP contribution in [0.15, 0.2) is 0 Å². The first-order chi connectivity index (χ1) is 7.18. The topological polar surface area (TPSA) is 58.4 Å². The van der Waals surface area contributed by atoms with E-state index in [2.05, 4.69) is 12.2 Å². The van der Waals surface area contributed by atoms with Crippen LogP contribution in [0.4, 0.5) is 0 Å². The number of amides is 1. The average Bonchev–Trinajstić information content (AvgIpc) is 2.63. The van der Waals surface area contributed by atoms with Gasteiger partial charge >= 0.3 is 0 Å². The van der Waals surface area contributed by atoms with Gasteiger partial charge in [0.2, 0.25) is 5.91 Å². The first-order valence-electron chi connectivity index (χ1n) is 5.96. The Balaban J connectivity index is 1.94. The third-order valence-electron chi connectivity index (χ3n) is 3.57.